The molecular weight excluding hydrogens is 408 g/mol. The molecule has 2 N–H and O–H groups in total. The fourth-order valence-corrected chi connectivity index (χ4v) is 0.413. The van der Waals surface area contributed by atoms with Crippen LogP contribution in [0.15, 0.2) is 0 Å². The topological polar surface area (TPSA) is 235 Å². The molecule has 0 saturated carbocycles. The first kappa shape index (κ1) is 35.9. The maximum atomic E-state index is 9.93. The van der Waals surface area contributed by atoms with Crippen molar-refractivity contribution < 1.29 is 81.1 Å². The molecule has 0 aliphatic rings. The van der Waals surface area contributed by atoms with Crippen LogP contribution in [0.25, 0.3) is 0 Å². The zero-order valence-corrected chi connectivity index (χ0v) is 16.6. The van der Waals surface area contributed by atoms with Gasteiger partial charge in [0.2, 0.25) is 11.6 Å². The van der Waals surface area contributed by atoms with Gasteiger partial charge in [0.1, 0.15) is 0 Å². The van der Waals surface area contributed by atoms with Crippen molar-refractivity contribution in [2.75, 3.05) is 0 Å². The molecule has 0 aromatic rings. The van der Waals surface area contributed by atoms with Gasteiger partial charge in [-0.05, 0) is 0 Å². The quantitative estimate of drug-likeness (QED) is 0.230. The van der Waals surface area contributed by atoms with Crippen LogP contribution in [0.1, 0.15) is 40.5 Å². The summed E-state index contributed by atoms with van der Waals surface area (Å²) in [4.78, 5) is 58.1. The van der Waals surface area contributed by atoms with Gasteiger partial charge in [-0.15, -0.1) is 12.2 Å². The van der Waals surface area contributed by atoms with Gasteiger partial charge in [-0.3, -0.25) is 9.59 Å². The van der Waals surface area contributed by atoms with Gasteiger partial charge in [0.15, 0.2) is 0 Å². The molecule has 0 unspecified atom stereocenters. The molecule has 13 heteroatoms. The van der Waals surface area contributed by atoms with Gasteiger partial charge in [-0.1, -0.05) is 27.7 Å². The van der Waals surface area contributed by atoms with E-state index in [4.69, 9.17) is 10.2 Å². The maximum Gasteiger partial charge on any atom is 4.00 e. The van der Waals surface area contributed by atoms with E-state index in [-0.39, 0.29) is 21.7 Å². The maximum absolute atomic E-state index is 9.93. The van der Waals surface area contributed by atoms with E-state index in [0.717, 1.165) is 0 Å². The van der Waals surface area contributed by atoms with E-state index in [2.05, 4.69) is 0 Å². The van der Waals surface area contributed by atoms with Gasteiger partial charge >= 0.3 is 33.7 Å². The van der Waals surface area contributed by atoms with Gasteiger partial charge < -0.3 is 40.2 Å². The third-order valence-electron chi connectivity index (χ3n) is 1.09. The molecule has 0 aliphatic carbocycles. The van der Waals surface area contributed by atoms with Crippen molar-refractivity contribution in [3.63, 3.8) is 0 Å². The van der Waals surface area contributed by atoms with Crippen LogP contribution in [0.3, 0.4) is 0 Å². The zero-order chi connectivity index (χ0) is 22.0. The fraction of sp³-hybridized carbons (Fsp3) is 0.571. The number of Topliss-reactive ketones (excluding diaryl/α,β-unsaturated/α-hetero) is 2. The summed E-state index contributed by atoms with van der Waals surface area (Å²) in [5.41, 5.74) is 0. The summed E-state index contributed by atoms with van der Waals surface area (Å²) >= 11 is 0. The van der Waals surface area contributed by atoms with E-state index in [1.807, 2.05) is 0 Å². The monoisotopic (exact) mass is 428 g/mol. The Morgan fingerprint density at radius 1 is 0.667 bits per heavy atom. The molecule has 0 spiro atoms. The fourth-order valence-electron chi connectivity index (χ4n) is 0.413. The number of carboxylic acid groups (broad SMARTS) is 4. The van der Waals surface area contributed by atoms with Crippen LogP contribution < -0.4 is 20.4 Å². The van der Waals surface area contributed by atoms with E-state index in [1.165, 1.54) is 0 Å². The third-order valence-corrected chi connectivity index (χ3v) is 1.09. The zero-order valence-electron chi connectivity index (χ0n) is 15.0. The van der Waals surface area contributed by atoms with Crippen LogP contribution in [0.4, 0.5) is 0 Å². The molecule has 0 saturated heterocycles. The van der Waals surface area contributed by atoms with Crippen molar-refractivity contribution in [2.24, 2.45) is 0 Å². The average molecular weight is 428 g/mol. The number of aliphatic carboxylic acids is 4. The summed E-state index contributed by atoms with van der Waals surface area (Å²) in [7, 11) is 0. The summed E-state index contributed by atoms with van der Waals surface area (Å²) < 4.78 is 0. The standard InChI is InChI=1S/2C4H4O5.2C3H7O.Ti/c2*5-2(4(8)9)1-3(6)7;2*1-3(2)4;/h2*1H2,(H,6,7)(H,8,9);2*3H,1-2H3;/q;;2*-1;+4/p-2. The molecule has 0 amide bonds. The number of carbonyl (C=O) groups is 6. The van der Waals surface area contributed by atoms with Crippen molar-refractivity contribution in [2.45, 2.75) is 52.7 Å². The Balaban J connectivity index is -0.0000000843. The van der Waals surface area contributed by atoms with E-state index in [0.29, 0.717) is 0 Å². The van der Waals surface area contributed by atoms with E-state index in [9.17, 15) is 49.2 Å². The Bertz CT molecular complexity index is 435. The van der Waals surface area contributed by atoms with E-state index in [1.54, 1.807) is 27.7 Å². The van der Waals surface area contributed by atoms with Crippen LogP contribution >= 0.6 is 0 Å². The molecule has 0 rings (SSSR count). The Labute approximate surface area is 169 Å². The Morgan fingerprint density at radius 2 is 0.815 bits per heavy atom. The van der Waals surface area contributed by atoms with Crippen molar-refractivity contribution in [3.05, 3.63) is 0 Å². The molecule has 0 bridgehead atoms. The predicted octanol–water partition coefficient (Wildman–Crippen LogP) is -4.93. The summed E-state index contributed by atoms with van der Waals surface area (Å²) in [5.74, 6) is -9.59. The van der Waals surface area contributed by atoms with Crippen molar-refractivity contribution in [1.29, 1.82) is 0 Å². The molecule has 12 nitrogen and oxygen atoms in total. The molecule has 0 fully saturated rings. The molecular formula is C14H20O12Ti. The SMILES string of the molecule is CC(C)[O-].CC(C)[O-].O=C([O-])CC(=O)C(=O)O.O=C([O-])CC(=O)C(=O)O.[Ti+4]. The van der Waals surface area contributed by atoms with Crippen LogP contribution in [0, 0.1) is 0 Å². The largest absolute Gasteiger partial charge is 4.00 e. The summed E-state index contributed by atoms with van der Waals surface area (Å²) in [6, 6.07) is 0. The summed E-state index contributed by atoms with van der Waals surface area (Å²) in [5, 5.41) is 53.7. The molecule has 0 aromatic carbocycles. The molecule has 0 heterocycles. The van der Waals surface area contributed by atoms with Crippen molar-refractivity contribution >= 4 is 35.4 Å². The number of rotatable bonds is 6. The van der Waals surface area contributed by atoms with Crippen LogP contribution in [-0.4, -0.2) is 57.9 Å². The number of hydrogen-bond donors (Lipinski definition) is 2. The Morgan fingerprint density at radius 3 is 0.852 bits per heavy atom. The second-order valence-corrected chi connectivity index (χ2v) is 4.65. The molecule has 152 valence electrons. The van der Waals surface area contributed by atoms with Gasteiger partial charge in [0, 0.05) is 11.9 Å². The minimum absolute atomic E-state index is 0. The second kappa shape index (κ2) is 21.9. The van der Waals surface area contributed by atoms with Gasteiger partial charge in [0.05, 0.1) is 12.8 Å². The number of carbonyl (C=O) groups excluding carboxylic acids is 4. The van der Waals surface area contributed by atoms with Crippen LogP contribution in [0.2, 0.25) is 0 Å². The summed E-state index contributed by atoms with van der Waals surface area (Å²) in [6.45, 7) is 6.44. The molecule has 0 aromatic heterocycles. The first-order valence-corrected chi connectivity index (χ1v) is 6.78. The first-order chi connectivity index (χ1) is 11.5. The number of hydrogen-bond acceptors (Lipinski definition) is 10. The predicted molar refractivity (Wildman–Crippen MR) is 74.8 cm³/mol. The normalized spacial score (nSPS) is 8.30. The van der Waals surface area contributed by atoms with Gasteiger partial charge in [0.25, 0.3) is 0 Å². The number of carboxylic acids is 4. The molecule has 27 heavy (non-hydrogen) atoms. The van der Waals surface area contributed by atoms with Crippen LogP contribution in [0.5, 0.6) is 0 Å². The molecule has 0 atom stereocenters. The minimum Gasteiger partial charge on any atom is -0.852 e. The van der Waals surface area contributed by atoms with E-state index >= 15 is 0 Å². The van der Waals surface area contributed by atoms with E-state index < -0.39 is 60.5 Å². The Hall–Kier alpha value is -2.15. The van der Waals surface area contributed by atoms with Gasteiger partial charge in [-0.25, -0.2) is 9.59 Å². The van der Waals surface area contributed by atoms with Crippen LogP contribution in [-0.2, 0) is 50.5 Å². The molecule has 0 radical (unpaired) electrons. The minimum atomic E-state index is -1.75. The molecule has 0 aliphatic heterocycles. The van der Waals surface area contributed by atoms with Gasteiger partial charge in [-0.2, -0.15) is 0 Å². The number of ketones is 2. The Kier molecular flexibility index (Phi) is 29.1. The average Bonchev–Trinajstić information content (AvgIpc) is 2.36. The van der Waals surface area contributed by atoms with Crippen molar-refractivity contribution in [3.8, 4) is 0 Å². The second-order valence-electron chi connectivity index (χ2n) is 4.65. The smallest absolute Gasteiger partial charge is 0.852 e. The third kappa shape index (κ3) is 59.4. The first-order valence-electron chi connectivity index (χ1n) is 6.78. The summed E-state index contributed by atoms with van der Waals surface area (Å²) in [6.07, 6.45) is -2.95. The van der Waals surface area contributed by atoms with Crippen molar-refractivity contribution in [1.82, 2.24) is 0 Å².